The largest absolute Gasteiger partial charge is 0.337 e. The number of hydrogen-bond acceptors (Lipinski definition) is 7. The quantitative estimate of drug-likeness (QED) is 0.660. The fourth-order valence-corrected chi connectivity index (χ4v) is 4.15. The highest BCUT2D eigenvalue weighted by Gasteiger charge is 2.45. The highest BCUT2D eigenvalue weighted by atomic mass is 16.5. The van der Waals surface area contributed by atoms with Gasteiger partial charge in [0.15, 0.2) is 5.82 Å². The monoisotopic (exact) mass is 390 g/mol. The molecule has 0 N–H and O–H groups in total. The van der Waals surface area contributed by atoms with Crippen LogP contribution in [-0.4, -0.2) is 49.0 Å². The van der Waals surface area contributed by atoms with Crippen LogP contribution < -0.4 is 0 Å². The number of pyridine rings is 1. The number of likely N-dealkylation sites (tertiary alicyclic amines) is 1. The van der Waals surface area contributed by atoms with Gasteiger partial charge in [-0.2, -0.15) is 4.98 Å². The van der Waals surface area contributed by atoms with Crippen LogP contribution in [0.2, 0.25) is 0 Å². The molecule has 3 aromatic rings. The number of carbonyl (C=O) groups is 1. The van der Waals surface area contributed by atoms with Gasteiger partial charge < -0.3 is 9.42 Å². The van der Waals surface area contributed by atoms with E-state index in [1.807, 2.05) is 17.0 Å². The lowest BCUT2D eigenvalue weighted by Gasteiger charge is -2.40. The molecule has 1 aliphatic carbocycles. The van der Waals surface area contributed by atoms with Crippen LogP contribution in [-0.2, 0) is 5.41 Å². The SMILES string of the molecule is O=C(c1cnccn1)N1CCC(CC2CC2)(c2noc(-c3ccncc3)n2)CC1. The Morgan fingerprint density at radius 2 is 1.90 bits per heavy atom. The van der Waals surface area contributed by atoms with Crippen LogP contribution in [0.4, 0.5) is 0 Å². The summed E-state index contributed by atoms with van der Waals surface area (Å²) in [4.78, 5) is 31.5. The molecule has 8 nitrogen and oxygen atoms in total. The molecule has 1 amide bonds. The van der Waals surface area contributed by atoms with Gasteiger partial charge in [-0.3, -0.25) is 14.8 Å². The highest BCUT2D eigenvalue weighted by Crippen LogP contribution is 2.46. The van der Waals surface area contributed by atoms with Gasteiger partial charge in [0, 0.05) is 48.9 Å². The fraction of sp³-hybridized carbons (Fsp3) is 0.429. The Balaban J connectivity index is 1.36. The number of hydrogen-bond donors (Lipinski definition) is 0. The zero-order valence-corrected chi connectivity index (χ0v) is 16.1. The summed E-state index contributed by atoms with van der Waals surface area (Å²) in [5.74, 6) is 1.95. The van der Waals surface area contributed by atoms with Crippen molar-refractivity contribution in [2.75, 3.05) is 13.1 Å². The van der Waals surface area contributed by atoms with Gasteiger partial charge in [0.05, 0.1) is 6.20 Å². The molecule has 0 bridgehead atoms. The summed E-state index contributed by atoms with van der Waals surface area (Å²) in [6, 6.07) is 3.74. The molecule has 0 unspecified atom stereocenters. The van der Waals surface area contributed by atoms with Gasteiger partial charge in [0.1, 0.15) is 5.69 Å². The van der Waals surface area contributed by atoms with Crippen molar-refractivity contribution in [2.24, 2.45) is 5.92 Å². The summed E-state index contributed by atoms with van der Waals surface area (Å²) in [6.45, 7) is 1.31. The van der Waals surface area contributed by atoms with E-state index in [2.05, 4.69) is 20.1 Å². The summed E-state index contributed by atoms with van der Waals surface area (Å²) < 4.78 is 5.59. The standard InChI is InChI=1S/C21H22N6O2/c28-19(17-14-23-9-10-24-17)27-11-5-21(6-12-27,13-15-1-2-15)20-25-18(29-26-20)16-3-7-22-8-4-16/h3-4,7-10,14-15H,1-2,5-6,11-13H2. The second kappa shape index (κ2) is 7.35. The van der Waals surface area contributed by atoms with E-state index in [1.54, 1.807) is 24.8 Å². The van der Waals surface area contributed by atoms with Crippen molar-refractivity contribution in [3.05, 3.63) is 54.6 Å². The molecule has 0 aromatic carbocycles. The van der Waals surface area contributed by atoms with Crippen molar-refractivity contribution in [1.29, 1.82) is 0 Å². The van der Waals surface area contributed by atoms with Crippen LogP contribution in [0, 0.1) is 5.92 Å². The third-order valence-corrected chi connectivity index (χ3v) is 5.99. The zero-order valence-electron chi connectivity index (χ0n) is 16.1. The zero-order chi connectivity index (χ0) is 19.7. The van der Waals surface area contributed by atoms with Crippen LogP contribution in [0.15, 0.2) is 47.6 Å². The van der Waals surface area contributed by atoms with E-state index in [0.29, 0.717) is 24.7 Å². The van der Waals surface area contributed by atoms with Gasteiger partial charge in [0.25, 0.3) is 11.8 Å². The molecular formula is C21H22N6O2. The number of rotatable bonds is 5. The van der Waals surface area contributed by atoms with E-state index in [-0.39, 0.29) is 11.3 Å². The maximum atomic E-state index is 12.7. The minimum Gasteiger partial charge on any atom is -0.337 e. The molecule has 3 aromatic heterocycles. The Morgan fingerprint density at radius 3 is 2.59 bits per heavy atom. The molecule has 5 rings (SSSR count). The average molecular weight is 390 g/mol. The van der Waals surface area contributed by atoms with Crippen LogP contribution in [0.25, 0.3) is 11.5 Å². The van der Waals surface area contributed by atoms with Gasteiger partial charge in [-0.05, 0) is 37.3 Å². The normalized spacial score (nSPS) is 18.6. The number of carbonyl (C=O) groups excluding carboxylic acids is 1. The van der Waals surface area contributed by atoms with Crippen LogP contribution in [0.3, 0.4) is 0 Å². The molecule has 4 heterocycles. The molecule has 148 valence electrons. The molecule has 1 saturated heterocycles. The average Bonchev–Trinajstić information content (AvgIpc) is 3.45. The summed E-state index contributed by atoms with van der Waals surface area (Å²) in [6.07, 6.45) is 13.3. The smallest absolute Gasteiger partial charge is 0.274 e. The number of aromatic nitrogens is 5. The summed E-state index contributed by atoms with van der Waals surface area (Å²) in [5.41, 5.74) is 1.12. The molecule has 29 heavy (non-hydrogen) atoms. The third-order valence-electron chi connectivity index (χ3n) is 5.99. The summed E-state index contributed by atoms with van der Waals surface area (Å²) in [5, 5.41) is 4.36. The molecule has 2 aliphatic rings. The number of nitrogens with zero attached hydrogens (tertiary/aromatic N) is 6. The first-order chi connectivity index (χ1) is 14.2. The molecule has 1 saturated carbocycles. The first-order valence-corrected chi connectivity index (χ1v) is 10.0. The van der Waals surface area contributed by atoms with Crippen molar-refractivity contribution in [3.8, 4) is 11.5 Å². The lowest BCUT2D eigenvalue weighted by Crippen LogP contribution is -2.46. The third kappa shape index (κ3) is 3.62. The van der Waals surface area contributed by atoms with Crippen molar-refractivity contribution < 1.29 is 9.32 Å². The molecule has 8 heteroatoms. The van der Waals surface area contributed by atoms with E-state index < -0.39 is 0 Å². The Labute approximate surface area is 168 Å². The second-order valence-electron chi connectivity index (χ2n) is 7.97. The van der Waals surface area contributed by atoms with E-state index in [0.717, 1.165) is 36.6 Å². The molecule has 2 fully saturated rings. The Kier molecular flexibility index (Phi) is 4.54. The van der Waals surface area contributed by atoms with Crippen molar-refractivity contribution >= 4 is 5.91 Å². The summed E-state index contributed by atoms with van der Waals surface area (Å²) in [7, 11) is 0. The number of piperidine rings is 1. The van der Waals surface area contributed by atoms with Crippen molar-refractivity contribution in [3.63, 3.8) is 0 Å². The van der Waals surface area contributed by atoms with Crippen LogP contribution in [0.5, 0.6) is 0 Å². The predicted octanol–water partition coefficient (Wildman–Crippen LogP) is 2.90. The lowest BCUT2D eigenvalue weighted by molar-refractivity contribution is 0.0639. The van der Waals surface area contributed by atoms with Gasteiger partial charge in [-0.15, -0.1) is 0 Å². The van der Waals surface area contributed by atoms with Crippen molar-refractivity contribution in [1.82, 2.24) is 30.0 Å². The van der Waals surface area contributed by atoms with E-state index in [4.69, 9.17) is 9.51 Å². The van der Waals surface area contributed by atoms with Crippen LogP contribution in [0.1, 0.15) is 48.4 Å². The first-order valence-electron chi connectivity index (χ1n) is 10.0. The molecule has 0 atom stereocenters. The predicted molar refractivity (Wildman–Crippen MR) is 104 cm³/mol. The lowest BCUT2D eigenvalue weighted by atomic mass is 9.73. The van der Waals surface area contributed by atoms with Gasteiger partial charge in [0.2, 0.25) is 0 Å². The van der Waals surface area contributed by atoms with Gasteiger partial charge >= 0.3 is 0 Å². The van der Waals surface area contributed by atoms with Gasteiger partial charge in [-0.1, -0.05) is 18.0 Å². The minimum absolute atomic E-state index is 0.0660. The summed E-state index contributed by atoms with van der Waals surface area (Å²) >= 11 is 0. The maximum Gasteiger partial charge on any atom is 0.274 e. The molecular weight excluding hydrogens is 368 g/mol. The Hall–Kier alpha value is -3.16. The second-order valence-corrected chi connectivity index (χ2v) is 7.97. The van der Waals surface area contributed by atoms with E-state index >= 15 is 0 Å². The Morgan fingerprint density at radius 1 is 1.10 bits per heavy atom. The minimum atomic E-state index is -0.144. The van der Waals surface area contributed by atoms with E-state index in [1.165, 1.54) is 19.0 Å². The first kappa shape index (κ1) is 17.9. The Bertz CT molecular complexity index is 979. The van der Waals surface area contributed by atoms with Gasteiger partial charge in [-0.25, -0.2) is 4.98 Å². The maximum absolute atomic E-state index is 12.7. The number of amides is 1. The molecule has 1 aliphatic heterocycles. The molecule has 0 spiro atoms. The highest BCUT2D eigenvalue weighted by molar-refractivity contribution is 5.92. The fourth-order valence-electron chi connectivity index (χ4n) is 4.15. The topological polar surface area (TPSA) is 97.9 Å². The molecule has 0 radical (unpaired) electrons. The van der Waals surface area contributed by atoms with E-state index in [9.17, 15) is 4.79 Å². The van der Waals surface area contributed by atoms with Crippen molar-refractivity contribution in [2.45, 2.75) is 37.5 Å². The van der Waals surface area contributed by atoms with Crippen LogP contribution >= 0.6 is 0 Å².